The monoisotopic (exact) mass is 436 g/mol. The van der Waals surface area contributed by atoms with Crippen molar-refractivity contribution >= 4 is 23.5 Å². The summed E-state index contributed by atoms with van der Waals surface area (Å²) in [7, 11) is 0. The summed E-state index contributed by atoms with van der Waals surface area (Å²) in [5.41, 5.74) is 6.86. The van der Waals surface area contributed by atoms with Gasteiger partial charge in [0, 0.05) is 46.8 Å². The molecule has 0 unspecified atom stereocenters. The predicted octanol–water partition coefficient (Wildman–Crippen LogP) is 1.21. The molecule has 5 rings (SSSR count). The number of nitrogen functional groups attached to an aromatic ring is 1. The lowest BCUT2D eigenvalue weighted by atomic mass is 10.1. The molecule has 10 heteroatoms. The molecule has 1 aromatic carbocycles. The molecule has 32 heavy (non-hydrogen) atoms. The number of fused-ring (bicyclic) bond motifs is 2. The number of hydrogen-bond donors (Lipinski definition) is 3. The topological polar surface area (TPSA) is 97.9 Å². The molecule has 3 aromatic rings. The number of nitrogens with zero attached hydrogens (tertiary/aromatic N) is 3. The van der Waals surface area contributed by atoms with Gasteiger partial charge in [0.05, 0.1) is 22.3 Å². The second-order valence-corrected chi connectivity index (χ2v) is 7.14. The van der Waals surface area contributed by atoms with Crippen molar-refractivity contribution < 1.29 is 13.2 Å². The van der Waals surface area contributed by atoms with E-state index in [1.165, 1.54) is 22.8 Å². The van der Waals surface area contributed by atoms with Crippen LogP contribution in [0, 0.1) is 0 Å². The van der Waals surface area contributed by atoms with E-state index in [0.29, 0.717) is 33.2 Å². The number of hydrogen-bond acceptors (Lipinski definition) is 6. The lowest BCUT2D eigenvalue weighted by molar-refractivity contribution is -0.137. The van der Waals surface area contributed by atoms with Crippen LogP contribution >= 0.6 is 0 Å². The van der Waals surface area contributed by atoms with Gasteiger partial charge in [0.25, 0.3) is 5.56 Å². The first kappa shape index (κ1) is 19.6. The van der Waals surface area contributed by atoms with E-state index >= 15 is 0 Å². The van der Waals surface area contributed by atoms with Gasteiger partial charge in [-0.15, -0.1) is 0 Å². The van der Waals surface area contributed by atoms with Crippen molar-refractivity contribution in [1.29, 1.82) is 0 Å². The number of benzene rings is 1. The van der Waals surface area contributed by atoms with Crippen LogP contribution in [0.5, 0.6) is 0 Å². The van der Waals surface area contributed by atoms with Crippen LogP contribution in [0.15, 0.2) is 71.4 Å². The molecule has 0 radical (unpaired) electrons. The molecule has 160 valence electrons. The standard InChI is InChI=1S/C22H15F3N6O/c23-22(24,25)14-2-1-3-15(8-14)31-18(32)7-4-12-9-27-17-6-5-16(30-19(17)20(12)31)13-10-28-21(26)29-11-13/h1-11,27,30H,(H2,26,28,29). The van der Waals surface area contributed by atoms with E-state index in [1.807, 2.05) is 0 Å². The molecule has 0 spiro atoms. The van der Waals surface area contributed by atoms with E-state index in [4.69, 9.17) is 5.73 Å². The van der Waals surface area contributed by atoms with E-state index in [0.717, 1.165) is 12.1 Å². The van der Waals surface area contributed by atoms with Crippen molar-refractivity contribution in [2.75, 3.05) is 5.73 Å². The summed E-state index contributed by atoms with van der Waals surface area (Å²) in [5.74, 6) is 0.131. The van der Waals surface area contributed by atoms with Crippen molar-refractivity contribution in [3.63, 3.8) is 0 Å². The first-order valence-electron chi connectivity index (χ1n) is 9.49. The first-order valence-corrected chi connectivity index (χ1v) is 9.49. The van der Waals surface area contributed by atoms with Gasteiger partial charge in [0.1, 0.15) is 0 Å². The molecule has 0 bridgehead atoms. The summed E-state index contributed by atoms with van der Waals surface area (Å²) in [6, 6.07) is 7.61. The van der Waals surface area contributed by atoms with Crippen LogP contribution in [0.3, 0.4) is 0 Å². The Morgan fingerprint density at radius 3 is 2.50 bits per heavy atom. The Kier molecular flexibility index (Phi) is 4.36. The molecule has 2 aliphatic rings. The van der Waals surface area contributed by atoms with Gasteiger partial charge >= 0.3 is 6.18 Å². The number of pyridine rings is 1. The fraction of sp³-hybridized carbons (Fsp3) is 0.0455. The number of allylic oxidation sites excluding steroid dienone is 2. The highest BCUT2D eigenvalue weighted by Gasteiger charge is 2.31. The number of halogens is 3. The van der Waals surface area contributed by atoms with E-state index in [2.05, 4.69) is 20.6 Å². The molecule has 4 heterocycles. The minimum absolute atomic E-state index is 0.109. The van der Waals surface area contributed by atoms with Crippen LogP contribution in [0.4, 0.5) is 19.1 Å². The number of alkyl halides is 3. The third-order valence-electron chi connectivity index (χ3n) is 5.10. The third kappa shape index (κ3) is 3.31. The smallest absolute Gasteiger partial charge is 0.368 e. The summed E-state index contributed by atoms with van der Waals surface area (Å²) in [6.07, 6.45) is 3.86. The van der Waals surface area contributed by atoms with Gasteiger partial charge in [-0.25, -0.2) is 9.97 Å². The van der Waals surface area contributed by atoms with Crippen LogP contribution in [-0.4, -0.2) is 14.5 Å². The molecule has 0 aliphatic carbocycles. The molecule has 0 saturated carbocycles. The highest BCUT2D eigenvalue weighted by Crippen LogP contribution is 2.30. The highest BCUT2D eigenvalue weighted by molar-refractivity contribution is 5.81. The number of dihydropyridines is 1. The lowest BCUT2D eigenvalue weighted by Crippen LogP contribution is -2.49. The minimum Gasteiger partial charge on any atom is -0.368 e. The Bertz CT molecular complexity index is 1480. The maximum Gasteiger partial charge on any atom is 0.416 e. The average molecular weight is 436 g/mol. The molecular weight excluding hydrogens is 421 g/mol. The van der Waals surface area contributed by atoms with E-state index in [9.17, 15) is 18.0 Å². The van der Waals surface area contributed by atoms with E-state index < -0.39 is 17.3 Å². The second-order valence-electron chi connectivity index (χ2n) is 7.14. The zero-order valence-corrected chi connectivity index (χ0v) is 16.3. The normalized spacial score (nSPS) is 14.8. The zero-order valence-electron chi connectivity index (χ0n) is 16.3. The quantitative estimate of drug-likeness (QED) is 0.559. The third-order valence-corrected chi connectivity index (χ3v) is 5.10. The van der Waals surface area contributed by atoms with E-state index in [1.54, 1.807) is 36.8 Å². The number of anilines is 1. The van der Waals surface area contributed by atoms with Crippen molar-refractivity contribution in [3.05, 3.63) is 98.7 Å². The van der Waals surface area contributed by atoms with Gasteiger partial charge in [0.15, 0.2) is 0 Å². The summed E-state index contributed by atoms with van der Waals surface area (Å²) < 4.78 is 41.2. The van der Waals surface area contributed by atoms with Crippen molar-refractivity contribution in [2.24, 2.45) is 0 Å². The summed E-state index contributed by atoms with van der Waals surface area (Å²) in [6.45, 7) is 0. The fourth-order valence-corrected chi connectivity index (χ4v) is 3.61. The highest BCUT2D eigenvalue weighted by atomic mass is 19.4. The van der Waals surface area contributed by atoms with Gasteiger partial charge in [-0.05, 0) is 36.4 Å². The minimum atomic E-state index is -4.53. The number of aromatic nitrogens is 3. The van der Waals surface area contributed by atoms with Gasteiger partial charge in [-0.2, -0.15) is 13.2 Å². The van der Waals surface area contributed by atoms with Crippen LogP contribution in [0.2, 0.25) is 0 Å². The van der Waals surface area contributed by atoms with Crippen molar-refractivity contribution in [1.82, 2.24) is 25.2 Å². The predicted molar refractivity (Wildman–Crippen MR) is 113 cm³/mol. The summed E-state index contributed by atoms with van der Waals surface area (Å²) >= 11 is 0. The van der Waals surface area contributed by atoms with Gasteiger partial charge < -0.3 is 16.4 Å². The molecule has 4 N–H and O–H groups in total. The molecule has 0 amide bonds. The lowest BCUT2D eigenvalue weighted by Gasteiger charge is -2.25. The van der Waals surface area contributed by atoms with Crippen molar-refractivity contribution in [3.8, 4) is 5.69 Å². The first-order chi connectivity index (χ1) is 15.3. The number of nitrogens with one attached hydrogen (secondary N) is 2. The van der Waals surface area contributed by atoms with E-state index in [-0.39, 0.29) is 11.6 Å². The van der Waals surface area contributed by atoms with Crippen molar-refractivity contribution in [2.45, 2.75) is 6.18 Å². The molecule has 0 saturated heterocycles. The summed E-state index contributed by atoms with van der Waals surface area (Å²) in [5, 5.41) is 7.46. The maximum absolute atomic E-state index is 13.3. The van der Waals surface area contributed by atoms with Crippen LogP contribution < -0.4 is 32.5 Å². The Labute approximate surface area is 178 Å². The Morgan fingerprint density at radius 2 is 1.75 bits per heavy atom. The Morgan fingerprint density at radius 1 is 1.00 bits per heavy atom. The molecular formula is C22H15F3N6O. The average Bonchev–Trinajstić information content (AvgIpc) is 2.78. The zero-order chi connectivity index (χ0) is 22.5. The molecule has 2 aromatic heterocycles. The SMILES string of the molecule is Nc1ncc(C2=CC=C3NC=c4ccc(=O)n(-c5cccc(C(F)(F)F)c5)c4=C3N2)cn1. The molecule has 2 aliphatic heterocycles. The van der Waals surface area contributed by atoms with Crippen LogP contribution in [0.1, 0.15) is 11.1 Å². The Hall–Kier alpha value is -4.34. The molecule has 0 fully saturated rings. The van der Waals surface area contributed by atoms with Crippen LogP contribution in [-0.2, 0) is 6.18 Å². The summed E-state index contributed by atoms with van der Waals surface area (Å²) in [4.78, 5) is 20.8. The molecule has 7 nitrogen and oxygen atoms in total. The van der Waals surface area contributed by atoms with Gasteiger partial charge in [-0.3, -0.25) is 9.36 Å². The molecule has 0 atom stereocenters. The number of nitrogens with two attached hydrogens (primary N) is 1. The number of rotatable bonds is 2. The fourth-order valence-electron chi connectivity index (χ4n) is 3.61. The van der Waals surface area contributed by atoms with Gasteiger partial charge in [0.2, 0.25) is 5.95 Å². The van der Waals surface area contributed by atoms with Crippen LogP contribution in [0.25, 0.3) is 23.3 Å². The van der Waals surface area contributed by atoms with Gasteiger partial charge in [-0.1, -0.05) is 6.07 Å². The maximum atomic E-state index is 13.3. The Balaban J connectivity index is 1.75. The largest absolute Gasteiger partial charge is 0.416 e. The second kappa shape index (κ2) is 7.12.